The van der Waals surface area contributed by atoms with Crippen molar-refractivity contribution in [3.63, 3.8) is 0 Å². The first-order valence-electron chi connectivity index (χ1n) is 10.2. The first-order chi connectivity index (χ1) is 15.8. The minimum absolute atomic E-state index is 0.0163. The van der Waals surface area contributed by atoms with Crippen LogP contribution in [-0.4, -0.2) is 66.7 Å². The molecule has 7 nitrogen and oxygen atoms in total. The SMILES string of the molecule is CN(CCOc1ccc(F)cc1)CC(=O)NCCN1C(=O)S/C(=C\c2ccccc2F)C1=O. The Labute approximate surface area is 194 Å². The highest BCUT2D eigenvalue weighted by molar-refractivity contribution is 8.18. The summed E-state index contributed by atoms with van der Waals surface area (Å²) in [6.45, 7) is 1.00. The number of imide groups is 1. The fraction of sp³-hybridized carbons (Fsp3) is 0.261. The van der Waals surface area contributed by atoms with Crippen molar-refractivity contribution >= 4 is 34.9 Å². The van der Waals surface area contributed by atoms with E-state index < -0.39 is 17.0 Å². The fourth-order valence-electron chi connectivity index (χ4n) is 2.96. The second-order valence-corrected chi connectivity index (χ2v) is 8.24. The Morgan fingerprint density at radius 3 is 2.61 bits per heavy atom. The molecule has 1 aliphatic heterocycles. The van der Waals surface area contributed by atoms with Crippen molar-refractivity contribution in [2.24, 2.45) is 0 Å². The van der Waals surface area contributed by atoms with Gasteiger partial charge in [0.2, 0.25) is 5.91 Å². The van der Waals surface area contributed by atoms with E-state index in [1.165, 1.54) is 48.5 Å². The Balaban J connectivity index is 1.39. The van der Waals surface area contributed by atoms with Crippen LogP contribution < -0.4 is 10.1 Å². The molecule has 0 aliphatic carbocycles. The number of carbonyl (C=O) groups is 3. The number of amides is 3. The molecule has 3 amide bonds. The van der Waals surface area contributed by atoms with Crippen LogP contribution in [0, 0.1) is 11.6 Å². The second-order valence-electron chi connectivity index (χ2n) is 7.24. The molecule has 1 saturated heterocycles. The normalized spacial score (nSPS) is 14.9. The maximum absolute atomic E-state index is 13.8. The number of nitrogens with one attached hydrogen (secondary N) is 1. The molecule has 3 rings (SSSR count). The maximum Gasteiger partial charge on any atom is 0.293 e. The number of thioether (sulfide) groups is 1. The molecule has 1 heterocycles. The van der Waals surface area contributed by atoms with E-state index in [1.54, 1.807) is 18.0 Å². The van der Waals surface area contributed by atoms with Crippen molar-refractivity contribution in [3.8, 4) is 5.75 Å². The molecule has 0 bridgehead atoms. The van der Waals surface area contributed by atoms with Crippen LogP contribution in [0.5, 0.6) is 5.75 Å². The van der Waals surface area contributed by atoms with Gasteiger partial charge in [0, 0.05) is 25.2 Å². The zero-order chi connectivity index (χ0) is 23.8. The Morgan fingerprint density at radius 1 is 1.15 bits per heavy atom. The monoisotopic (exact) mass is 475 g/mol. The second kappa shape index (κ2) is 11.6. The molecular formula is C23H23F2N3O4S. The topological polar surface area (TPSA) is 79.0 Å². The van der Waals surface area contributed by atoms with Crippen molar-refractivity contribution in [2.45, 2.75) is 0 Å². The molecule has 0 radical (unpaired) electrons. The third-order valence-electron chi connectivity index (χ3n) is 4.69. The Morgan fingerprint density at radius 2 is 1.88 bits per heavy atom. The van der Waals surface area contributed by atoms with Crippen LogP contribution in [0.4, 0.5) is 13.6 Å². The summed E-state index contributed by atoms with van der Waals surface area (Å²) < 4.78 is 32.2. The highest BCUT2D eigenvalue weighted by Gasteiger charge is 2.34. The van der Waals surface area contributed by atoms with Crippen LogP contribution in [0.3, 0.4) is 0 Å². The van der Waals surface area contributed by atoms with Crippen molar-refractivity contribution < 1.29 is 27.9 Å². The summed E-state index contributed by atoms with van der Waals surface area (Å²) in [7, 11) is 1.75. The molecule has 174 valence electrons. The van der Waals surface area contributed by atoms with Gasteiger partial charge >= 0.3 is 0 Å². The quantitative estimate of drug-likeness (QED) is 0.532. The third-order valence-corrected chi connectivity index (χ3v) is 5.60. The average Bonchev–Trinajstić information content (AvgIpc) is 3.04. The van der Waals surface area contributed by atoms with E-state index in [-0.39, 0.29) is 41.8 Å². The molecule has 10 heteroatoms. The number of halogens is 2. The molecule has 1 N–H and O–H groups in total. The lowest BCUT2D eigenvalue weighted by atomic mass is 10.2. The largest absolute Gasteiger partial charge is 0.492 e. The Bertz CT molecular complexity index is 1050. The number of benzene rings is 2. The van der Waals surface area contributed by atoms with E-state index >= 15 is 0 Å². The van der Waals surface area contributed by atoms with Gasteiger partial charge in [0.15, 0.2) is 0 Å². The number of likely N-dealkylation sites (N-methyl/N-ethyl adjacent to an activating group) is 1. The van der Waals surface area contributed by atoms with Crippen molar-refractivity contribution in [1.29, 1.82) is 0 Å². The van der Waals surface area contributed by atoms with Crippen LogP contribution in [-0.2, 0) is 9.59 Å². The maximum atomic E-state index is 13.8. The summed E-state index contributed by atoms with van der Waals surface area (Å²) in [6, 6.07) is 11.6. The van der Waals surface area contributed by atoms with Crippen LogP contribution in [0.2, 0.25) is 0 Å². The van der Waals surface area contributed by atoms with Gasteiger partial charge in [-0.1, -0.05) is 18.2 Å². The lowest BCUT2D eigenvalue weighted by molar-refractivity contribution is -0.124. The molecule has 2 aromatic carbocycles. The first kappa shape index (κ1) is 24.4. The summed E-state index contributed by atoms with van der Waals surface area (Å²) in [6.07, 6.45) is 1.35. The van der Waals surface area contributed by atoms with Crippen LogP contribution in [0.25, 0.3) is 6.08 Å². The van der Waals surface area contributed by atoms with Gasteiger partial charge in [0.25, 0.3) is 11.1 Å². The molecule has 0 saturated carbocycles. The predicted octanol–water partition coefficient (Wildman–Crippen LogP) is 3.13. The van der Waals surface area contributed by atoms with E-state index in [1.807, 2.05) is 0 Å². The molecule has 1 aliphatic rings. The number of nitrogens with zero attached hydrogens (tertiary/aromatic N) is 2. The first-order valence-corrected chi connectivity index (χ1v) is 11.0. The third kappa shape index (κ3) is 7.13. The molecule has 0 spiro atoms. The van der Waals surface area contributed by atoms with Gasteiger partial charge in [-0.15, -0.1) is 0 Å². The smallest absolute Gasteiger partial charge is 0.293 e. The molecule has 33 heavy (non-hydrogen) atoms. The number of hydrogen-bond donors (Lipinski definition) is 1. The van der Waals surface area contributed by atoms with Crippen LogP contribution in [0.1, 0.15) is 5.56 Å². The van der Waals surface area contributed by atoms with Gasteiger partial charge < -0.3 is 10.1 Å². The summed E-state index contributed by atoms with van der Waals surface area (Å²) in [5.41, 5.74) is 0.225. The van der Waals surface area contributed by atoms with E-state index in [9.17, 15) is 23.2 Å². The van der Waals surface area contributed by atoms with Gasteiger partial charge in [-0.2, -0.15) is 0 Å². The Kier molecular flexibility index (Phi) is 8.56. The van der Waals surface area contributed by atoms with E-state index in [4.69, 9.17) is 4.74 Å². The number of rotatable bonds is 10. The van der Waals surface area contributed by atoms with Crippen molar-refractivity contribution in [2.75, 3.05) is 39.8 Å². The summed E-state index contributed by atoms with van der Waals surface area (Å²) >= 11 is 0.739. The van der Waals surface area contributed by atoms with Gasteiger partial charge in [-0.05, 0) is 55.2 Å². The molecule has 2 aromatic rings. The van der Waals surface area contributed by atoms with Gasteiger partial charge in [-0.25, -0.2) is 8.78 Å². The van der Waals surface area contributed by atoms with E-state index in [0.29, 0.717) is 18.9 Å². The minimum atomic E-state index is -0.516. The summed E-state index contributed by atoms with van der Waals surface area (Å²) in [5, 5.41) is 2.21. The van der Waals surface area contributed by atoms with Crippen molar-refractivity contribution in [3.05, 3.63) is 70.6 Å². The zero-order valence-electron chi connectivity index (χ0n) is 17.9. The standard InChI is InChI=1S/C23H23F2N3O4S/c1-27(12-13-32-18-8-6-17(24)7-9-18)15-21(29)26-10-11-28-22(30)20(33-23(28)31)14-16-4-2-3-5-19(16)25/h2-9,14H,10-13,15H2,1H3,(H,26,29)/b20-14-. The van der Waals surface area contributed by atoms with Gasteiger partial charge in [0.1, 0.15) is 24.0 Å². The number of carbonyl (C=O) groups excluding carboxylic acids is 3. The average molecular weight is 476 g/mol. The molecular weight excluding hydrogens is 452 g/mol. The highest BCUT2D eigenvalue weighted by Crippen LogP contribution is 2.32. The minimum Gasteiger partial charge on any atom is -0.492 e. The lowest BCUT2D eigenvalue weighted by Crippen LogP contribution is -2.41. The molecule has 1 fully saturated rings. The highest BCUT2D eigenvalue weighted by atomic mass is 32.2. The Hall–Kier alpha value is -3.24. The number of hydrogen-bond acceptors (Lipinski definition) is 6. The van der Waals surface area contributed by atoms with Gasteiger partial charge in [-0.3, -0.25) is 24.2 Å². The molecule has 0 atom stereocenters. The van der Waals surface area contributed by atoms with Gasteiger partial charge in [0.05, 0.1) is 11.4 Å². The van der Waals surface area contributed by atoms with Crippen LogP contribution in [0.15, 0.2) is 53.4 Å². The summed E-state index contributed by atoms with van der Waals surface area (Å²) in [4.78, 5) is 39.7. The van der Waals surface area contributed by atoms with E-state index in [2.05, 4.69) is 5.32 Å². The van der Waals surface area contributed by atoms with Crippen LogP contribution >= 0.6 is 11.8 Å². The summed E-state index contributed by atoms with van der Waals surface area (Å²) in [5.74, 6) is -1.07. The number of ether oxygens (including phenoxy) is 1. The molecule has 0 unspecified atom stereocenters. The predicted molar refractivity (Wildman–Crippen MR) is 121 cm³/mol. The van der Waals surface area contributed by atoms with Crippen molar-refractivity contribution in [1.82, 2.24) is 15.1 Å². The lowest BCUT2D eigenvalue weighted by Gasteiger charge is -2.17. The van der Waals surface area contributed by atoms with E-state index in [0.717, 1.165) is 16.7 Å². The fourth-order valence-corrected chi connectivity index (χ4v) is 3.82. The molecule has 0 aromatic heterocycles. The zero-order valence-corrected chi connectivity index (χ0v) is 18.7.